The first-order valence-electron chi connectivity index (χ1n) is 5.56. The van der Waals surface area contributed by atoms with Crippen molar-refractivity contribution in [1.82, 2.24) is 5.32 Å². The molecule has 0 saturated carbocycles. The Balaban J connectivity index is 2.76. The van der Waals surface area contributed by atoms with Crippen LogP contribution in [0.2, 0.25) is 0 Å². The molecule has 1 amide bonds. The fourth-order valence-electron chi connectivity index (χ4n) is 1.41. The van der Waals surface area contributed by atoms with Gasteiger partial charge in [0, 0.05) is 12.6 Å². The summed E-state index contributed by atoms with van der Waals surface area (Å²) in [5.74, 6) is 0.638. The molecule has 17 heavy (non-hydrogen) atoms. The van der Waals surface area contributed by atoms with E-state index < -0.39 is 0 Å². The number of methoxy groups -OCH3 is 1. The molecule has 0 aromatic heterocycles. The molecule has 1 aromatic carbocycles. The molecule has 1 atom stereocenters. The summed E-state index contributed by atoms with van der Waals surface area (Å²) in [7, 11) is 1.59. The smallest absolute Gasteiger partial charge is 0.242 e. The van der Waals surface area contributed by atoms with Crippen LogP contribution < -0.4 is 21.1 Å². The quantitative estimate of drug-likeness (QED) is 0.673. The van der Waals surface area contributed by atoms with E-state index >= 15 is 0 Å². The van der Waals surface area contributed by atoms with Gasteiger partial charge in [-0.05, 0) is 26.0 Å². The van der Waals surface area contributed by atoms with E-state index in [1.54, 1.807) is 32.2 Å². The van der Waals surface area contributed by atoms with Crippen molar-refractivity contribution in [3.05, 3.63) is 18.2 Å². The van der Waals surface area contributed by atoms with E-state index in [2.05, 4.69) is 10.6 Å². The number of nitrogens with one attached hydrogen (secondary N) is 2. The SMILES string of the molecule is CCNC(=O)C(C)Nc1cc(OC)ccc1N. The van der Waals surface area contributed by atoms with Gasteiger partial charge < -0.3 is 21.1 Å². The summed E-state index contributed by atoms with van der Waals surface area (Å²) < 4.78 is 5.10. The number of hydrogen-bond acceptors (Lipinski definition) is 4. The van der Waals surface area contributed by atoms with Crippen molar-refractivity contribution in [2.75, 3.05) is 24.7 Å². The van der Waals surface area contributed by atoms with Crippen molar-refractivity contribution < 1.29 is 9.53 Å². The van der Waals surface area contributed by atoms with Gasteiger partial charge in [0.2, 0.25) is 5.91 Å². The number of hydrogen-bond donors (Lipinski definition) is 3. The highest BCUT2D eigenvalue weighted by molar-refractivity contribution is 5.85. The van der Waals surface area contributed by atoms with Crippen LogP contribution in [0.1, 0.15) is 13.8 Å². The number of carbonyl (C=O) groups is 1. The number of carbonyl (C=O) groups excluding carboxylic acids is 1. The lowest BCUT2D eigenvalue weighted by Crippen LogP contribution is -2.37. The van der Waals surface area contributed by atoms with Gasteiger partial charge in [-0.3, -0.25) is 4.79 Å². The van der Waals surface area contributed by atoms with Gasteiger partial charge >= 0.3 is 0 Å². The summed E-state index contributed by atoms with van der Waals surface area (Å²) in [6.07, 6.45) is 0. The number of anilines is 2. The van der Waals surface area contributed by atoms with Gasteiger partial charge in [-0.15, -0.1) is 0 Å². The molecule has 0 saturated heterocycles. The Morgan fingerprint density at radius 3 is 2.82 bits per heavy atom. The first-order valence-corrected chi connectivity index (χ1v) is 5.56. The Kier molecular flexibility index (Phi) is 4.63. The molecule has 0 spiro atoms. The monoisotopic (exact) mass is 237 g/mol. The molecule has 0 aliphatic heterocycles. The Morgan fingerprint density at radius 1 is 1.53 bits per heavy atom. The Morgan fingerprint density at radius 2 is 2.24 bits per heavy atom. The second-order valence-electron chi connectivity index (χ2n) is 3.71. The van der Waals surface area contributed by atoms with E-state index in [9.17, 15) is 4.79 Å². The predicted molar refractivity (Wildman–Crippen MR) is 69.2 cm³/mol. The fourth-order valence-corrected chi connectivity index (χ4v) is 1.41. The van der Waals surface area contributed by atoms with Crippen LogP contribution in [0.5, 0.6) is 5.75 Å². The van der Waals surface area contributed by atoms with Gasteiger partial charge in [0.05, 0.1) is 18.5 Å². The van der Waals surface area contributed by atoms with Gasteiger partial charge in [-0.25, -0.2) is 0 Å². The maximum atomic E-state index is 11.6. The van der Waals surface area contributed by atoms with Crippen LogP contribution in [0.25, 0.3) is 0 Å². The van der Waals surface area contributed by atoms with Crippen molar-refractivity contribution in [3.63, 3.8) is 0 Å². The molecule has 0 aliphatic carbocycles. The summed E-state index contributed by atoms with van der Waals surface area (Å²) in [5, 5.41) is 5.79. The van der Waals surface area contributed by atoms with Crippen molar-refractivity contribution in [2.45, 2.75) is 19.9 Å². The Labute approximate surface area is 101 Å². The molecule has 1 aromatic rings. The van der Waals surface area contributed by atoms with Gasteiger partial charge in [-0.1, -0.05) is 0 Å². The molecule has 5 heteroatoms. The van der Waals surface area contributed by atoms with Crippen LogP contribution in [0.15, 0.2) is 18.2 Å². The third-order valence-corrected chi connectivity index (χ3v) is 2.38. The van der Waals surface area contributed by atoms with Crippen LogP contribution in [-0.4, -0.2) is 25.6 Å². The lowest BCUT2D eigenvalue weighted by molar-refractivity contribution is -0.121. The number of ether oxygens (including phenoxy) is 1. The minimum Gasteiger partial charge on any atom is -0.497 e. The Hall–Kier alpha value is -1.91. The molecule has 0 aliphatic rings. The molecular weight excluding hydrogens is 218 g/mol. The summed E-state index contributed by atoms with van der Waals surface area (Å²) in [5.41, 5.74) is 7.10. The largest absolute Gasteiger partial charge is 0.497 e. The van der Waals surface area contributed by atoms with E-state index in [0.29, 0.717) is 23.7 Å². The number of benzene rings is 1. The van der Waals surface area contributed by atoms with Crippen molar-refractivity contribution >= 4 is 17.3 Å². The molecule has 1 unspecified atom stereocenters. The second kappa shape index (κ2) is 5.98. The molecule has 0 bridgehead atoms. The normalized spacial score (nSPS) is 11.7. The van der Waals surface area contributed by atoms with E-state index in [1.165, 1.54) is 0 Å². The average molecular weight is 237 g/mol. The number of amides is 1. The maximum Gasteiger partial charge on any atom is 0.242 e. The summed E-state index contributed by atoms with van der Waals surface area (Å²) in [6, 6.07) is 4.94. The number of rotatable bonds is 5. The minimum atomic E-state index is -0.343. The van der Waals surface area contributed by atoms with Gasteiger partial charge in [0.1, 0.15) is 11.8 Å². The molecule has 1 rings (SSSR count). The number of nitrogens with two attached hydrogens (primary N) is 1. The van der Waals surface area contributed by atoms with Crippen molar-refractivity contribution in [2.24, 2.45) is 0 Å². The lowest BCUT2D eigenvalue weighted by atomic mass is 10.2. The van der Waals surface area contributed by atoms with Crippen LogP contribution in [0, 0.1) is 0 Å². The van der Waals surface area contributed by atoms with Crippen LogP contribution in [0.4, 0.5) is 11.4 Å². The summed E-state index contributed by atoms with van der Waals surface area (Å²) in [6.45, 7) is 4.27. The highest BCUT2D eigenvalue weighted by Crippen LogP contribution is 2.24. The summed E-state index contributed by atoms with van der Waals surface area (Å²) in [4.78, 5) is 11.6. The maximum absolute atomic E-state index is 11.6. The topological polar surface area (TPSA) is 76.4 Å². The molecule has 94 valence electrons. The molecule has 4 N–H and O–H groups in total. The molecule has 5 nitrogen and oxygen atoms in total. The van der Waals surface area contributed by atoms with Crippen LogP contribution >= 0.6 is 0 Å². The lowest BCUT2D eigenvalue weighted by Gasteiger charge is -2.16. The number of likely N-dealkylation sites (N-methyl/N-ethyl adjacent to an activating group) is 1. The van der Waals surface area contributed by atoms with Crippen LogP contribution in [-0.2, 0) is 4.79 Å². The minimum absolute atomic E-state index is 0.0604. The van der Waals surface area contributed by atoms with Crippen molar-refractivity contribution in [3.8, 4) is 5.75 Å². The van der Waals surface area contributed by atoms with E-state index in [0.717, 1.165) is 0 Å². The van der Waals surface area contributed by atoms with E-state index in [-0.39, 0.29) is 11.9 Å². The third-order valence-electron chi connectivity index (χ3n) is 2.38. The second-order valence-corrected chi connectivity index (χ2v) is 3.71. The molecule has 0 fully saturated rings. The summed E-state index contributed by atoms with van der Waals surface area (Å²) >= 11 is 0. The predicted octanol–water partition coefficient (Wildman–Crippen LogP) is 1.21. The van der Waals surface area contributed by atoms with Crippen molar-refractivity contribution in [1.29, 1.82) is 0 Å². The Bertz CT molecular complexity index is 393. The van der Waals surface area contributed by atoms with E-state index in [1.807, 2.05) is 6.92 Å². The molecular formula is C12H19N3O2. The first kappa shape index (κ1) is 13.2. The van der Waals surface area contributed by atoms with Gasteiger partial charge in [0.25, 0.3) is 0 Å². The zero-order chi connectivity index (χ0) is 12.8. The fraction of sp³-hybridized carbons (Fsp3) is 0.417. The van der Waals surface area contributed by atoms with Gasteiger partial charge in [-0.2, -0.15) is 0 Å². The van der Waals surface area contributed by atoms with E-state index in [4.69, 9.17) is 10.5 Å². The highest BCUT2D eigenvalue weighted by atomic mass is 16.5. The zero-order valence-electron chi connectivity index (χ0n) is 10.4. The average Bonchev–Trinajstić information content (AvgIpc) is 2.32. The van der Waals surface area contributed by atoms with Gasteiger partial charge in [0.15, 0.2) is 0 Å². The number of nitrogen functional groups attached to an aromatic ring is 1. The molecule has 0 radical (unpaired) electrons. The highest BCUT2D eigenvalue weighted by Gasteiger charge is 2.12. The zero-order valence-corrected chi connectivity index (χ0v) is 10.4. The van der Waals surface area contributed by atoms with Crippen LogP contribution in [0.3, 0.4) is 0 Å². The first-order chi connectivity index (χ1) is 8.08. The standard InChI is InChI=1S/C12H19N3O2/c1-4-14-12(16)8(2)15-11-7-9(17-3)5-6-10(11)13/h5-8,15H,4,13H2,1-3H3,(H,14,16). The molecule has 0 heterocycles. The third kappa shape index (κ3) is 3.55.